The van der Waals surface area contributed by atoms with Crippen LogP contribution in [0.5, 0.6) is 0 Å². The average Bonchev–Trinajstić information content (AvgIpc) is 2.96. The molecule has 0 aromatic rings. The fourth-order valence-corrected chi connectivity index (χ4v) is 3.87. The van der Waals surface area contributed by atoms with Crippen molar-refractivity contribution in [1.29, 1.82) is 0 Å². The second-order valence-electron chi connectivity index (χ2n) is 7.36. The van der Waals surface area contributed by atoms with Gasteiger partial charge in [0.2, 0.25) is 0 Å². The highest BCUT2D eigenvalue weighted by Gasteiger charge is 2.34. The Morgan fingerprint density at radius 1 is 1.23 bits per heavy atom. The number of likely N-dealkylation sites (tertiary alicyclic amines) is 2. The van der Waals surface area contributed by atoms with Crippen molar-refractivity contribution in [3.8, 4) is 0 Å². The van der Waals surface area contributed by atoms with Gasteiger partial charge in [-0.25, -0.2) is 0 Å². The smallest absolute Gasteiger partial charge is 0.355 e. The minimum absolute atomic E-state index is 0. The first-order valence-electron chi connectivity index (χ1n) is 9.30. The van der Waals surface area contributed by atoms with E-state index >= 15 is 0 Å². The van der Waals surface area contributed by atoms with Gasteiger partial charge in [0.05, 0.1) is 6.54 Å². The van der Waals surface area contributed by atoms with Crippen LogP contribution in [0.4, 0.5) is 13.2 Å². The van der Waals surface area contributed by atoms with Crippen LogP contribution in [0.1, 0.15) is 39.5 Å². The molecule has 0 aromatic carbocycles. The Kier molecular flexibility index (Phi) is 9.95. The van der Waals surface area contributed by atoms with E-state index in [4.69, 9.17) is 0 Å². The number of guanidine groups is 1. The number of hydrogen-bond acceptors (Lipinski definition) is 3. The monoisotopic (exact) mass is 491 g/mol. The Morgan fingerprint density at radius 3 is 2.58 bits per heavy atom. The number of piperidine rings is 1. The molecule has 3 unspecified atom stereocenters. The standard InChI is InChI=1S/C17H32F3N5.HI/c1-13-6-4-5-8-25(13)14(2)10-22-16(21-3)23-15-7-9-24(11-15)12-17(18,19)20;/h13-15H,4-12H2,1-3H3,(H2,21,22,23);1H. The molecule has 0 aromatic heterocycles. The molecule has 0 bridgehead atoms. The Morgan fingerprint density at radius 2 is 1.96 bits per heavy atom. The molecule has 5 nitrogen and oxygen atoms in total. The van der Waals surface area contributed by atoms with E-state index < -0.39 is 12.7 Å². The van der Waals surface area contributed by atoms with Crippen molar-refractivity contribution in [3.05, 3.63) is 0 Å². The summed E-state index contributed by atoms with van der Waals surface area (Å²) in [5.74, 6) is 0.676. The predicted octanol–water partition coefficient (Wildman–Crippen LogP) is 2.67. The van der Waals surface area contributed by atoms with Gasteiger partial charge >= 0.3 is 6.18 Å². The van der Waals surface area contributed by atoms with Crippen molar-refractivity contribution in [2.75, 3.05) is 39.8 Å². The normalized spacial score (nSPS) is 27.1. The van der Waals surface area contributed by atoms with Gasteiger partial charge in [0.1, 0.15) is 0 Å². The van der Waals surface area contributed by atoms with Crippen molar-refractivity contribution >= 4 is 29.9 Å². The van der Waals surface area contributed by atoms with E-state index in [9.17, 15) is 13.2 Å². The summed E-state index contributed by atoms with van der Waals surface area (Å²) >= 11 is 0. The van der Waals surface area contributed by atoms with Crippen LogP contribution in [-0.2, 0) is 0 Å². The summed E-state index contributed by atoms with van der Waals surface area (Å²) in [7, 11) is 1.70. The van der Waals surface area contributed by atoms with Gasteiger partial charge in [-0.1, -0.05) is 6.42 Å². The fraction of sp³-hybridized carbons (Fsp3) is 0.941. The first kappa shape index (κ1) is 23.7. The van der Waals surface area contributed by atoms with Crippen molar-refractivity contribution in [2.24, 2.45) is 4.99 Å². The van der Waals surface area contributed by atoms with Gasteiger partial charge in [0.25, 0.3) is 0 Å². The largest absolute Gasteiger partial charge is 0.401 e. The molecular formula is C17H33F3IN5. The van der Waals surface area contributed by atoms with E-state index in [1.54, 1.807) is 7.05 Å². The number of halogens is 4. The third-order valence-electron chi connectivity index (χ3n) is 5.23. The van der Waals surface area contributed by atoms with Crippen LogP contribution in [0, 0.1) is 0 Å². The number of nitrogens with one attached hydrogen (secondary N) is 2. The Balaban J connectivity index is 0.00000338. The topological polar surface area (TPSA) is 42.9 Å². The molecule has 0 spiro atoms. The number of alkyl halides is 3. The lowest BCUT2D eigenvalue weighted by atomic mass is 10.0. The fourth-order valence-electron chi connectivity index (χ4n) is 3.87. The molecule has 0 saturated carbocycles. The molecule has 26 heavy (non-hydrogen) atoms. The molecule has 0 amide bonds. The second kappa shape index (κ2) is 10.9. The van der Waals surface area contributed by atoms with Crippen molar-refractivity contribution in [1.82, 2.24) is 20.4 Å². The van der Waals surface area contributed by atoms with E-state index in [-0.39, 0.29) is 30.0 Å². The maximum absolute atomic E-state index is 12.5. The summed E-state index contributed by atoms with van der Waals surface area (Å²) in [5, 5.41) is 6.60. The summed E-state index contributed by atoms with van der Waals surface area (Å²) in [6.07, 6.45) is 0.370. The molecule has 0 radical (unpaired) electrons. The minimum atomic E-state index is -4.13. The van der Waals surface area contributed by atoms with Crippen LogP contribution in [0.2, 0.25) is 0 Å². The highest BCUT2D eigenvalue weighted by Crippen LogP contribution is 2.20. The molecule has 2 heterocycles. The number of hydrogen-bond donors (Lipinski definition) is 2. The molecule has 154 valence electrons. The summed E-state index contributed by atoms with van der Waals surface area (Å²) in [6, 6.07) is 1.02. The Labute approximate surface area is 172 Å². The van der Waals surface area contributed by atoms with Gasteiger partial charge in [-0.3, -0.25) is 14.8 Å². The summed E-state index contributed by atoms with van der Waals surface area (Å²) in [4.78, 5) is 8.19. The molecule has 3 atom stereocenters. The lowest BCUT2D eigenvalue weighted by Gasteiger charge is -2.38. The van der Waals surface area contributed by atoms with Crippen LogP contribution < -0.4 is 10.6 Å². The molecule has 2 fully saturated rings. The van der Waals surface area contributed by atoms with Crippen LogP contribution in [0.25, 0.3) is 0 Å². The maximum Gasteiger partial charge on any atom is 0.401 e. The van der Waals surface area contributed by atoms with Gasteiger partial charge < -0.3 is 10.6 Å². The average molecular weight is 491 g/mol. The molecule has 2 saturated heterocycles. The van der Waals surface area contributed by atoms with Gasteiger partial charge in [-0.2, -0.15) is 13.2 Å². The van der Waals surface area contributed by atoms with Crippen LogP contribution in [-0.4, -0.2) is 79.8 Å². The summed E-state index contributed by atoms with van der Waals surface area (Å²) in [5.41, 5.74) is 0. The first-order valence-corrected chi connectivity index (χ1v) is 9.30. The zero-order chi connectivity index (χ0) is 18.4. The predicted molar refractivity (Wildman–Crippen MR) is 110 cm³/mol. The molecule has 2 N–H and O–H groups in total. The quantitative estimate of drug-likeness (QED) is 0.353. The van der Waals surface area contributed by atoms with Gasteiger partial charge in [0, 0.05) is 44.8 Å². The minimum Gasteiger partial charge on any atom is -0.355 e. The van der Waals surface area contributed by atoms with Crippen LogP contribution >= 0.6 is 24.0 Å². The molecular weight excluding hydrogens is 458 g/mol. The van der Waals surface area contributed by atoms with Crippen molar-refractivity contribution in [3.63, 3.8) is 0 Å². The Bertz CT molecular complexity index is 447. The SMILES string of the molecule is CN=C(NCC(C)N1CCCCC1C)NC1CCN(CC(F)(F)F)C1.I. The first-order chi connectivity index (χ1) is 11.8. The third kappa shape index (κ3) is 7.75. The zero-order valence-electron chi connectivity index (χ0n) is 16.0. The summed E-state index contributed by atoms with van der Waals surface area (Å²) < 4.78 is 37.4. The van der Waals surface area contributed by atoms with Gasteiger partial charge in [0.15, 0.2) is 5.96 Å². The van der Waals surface area contributed by atoms with E-state index in [0.29, 0.717) is 37.6 Å². The lowest BCUT2D eigenvalue weighted by molar-refractivity contribution is -0.143. The number of nitrogens with zero attached hydrogens (tertiary/aromatic N) is 3. The molecule has 2 aliphatic rings. The highest BCUT2D eigenvalue weighted by atomic mass is 127. The second-order valence-corrected chi connectivity index (χ2v) is 7.36. The molecule has 2 aliphatic heterocycles. The number of rotatable bonds is 5. The summed E-state index contributed by atoms with van der Waals surface area (Å²) in [6.45, 7) is 6.43. The van der Waals surface area contributed by atoms with E-state index in [0.717, 1.165) is 13.1 Å². The lowest BCUT2D eigenvalue weighted by Crippen LogP contribution is -2.51. The Hall–Kier alpha value is -0.290. The van der Waals surface area contributed by atoms with Crippen LogP contribution in [0.3, 0.4) is 0 Å². The van der Waals surface area contributed by atoms with Crippen molar-refractivity contribution < 1.29 is 13.2 Å². The maximum atomic E-state index is 12.5. The highest BCUT2D eigenvalue weighted by molar-refractivity contribution is 14.0. The van der Waals surface area contributed by atoms with Gasteiger partial charge in [-0.05, 0) is 39.7 Å². The van der Waals surface area contributed by atoms with E-state index in [1.807, 2.05) is 0 Å². The third-order valence-corrected chi connectivity index (χ3v) is 5.23. The van der Waals surface area contributed by atoms with E-state index in [1.165, 1.54) is 24.2 Å². The van der Waals surface area contributed by atoms with Crippen molar-refractivity contribution in [2.45, 2.75) is 63.8 Å². The number of aliphatic imine (C=N–C) groups is 1. The van der Waals surface area contributed by atoms with Crippen LogP contribution in [0.15, 0.2) is 4.99 Å². The molecule has 0 aliphatic carbocycles. The van der Waals surface area contributed by atoms with Gasteiger partial charge in [-0.15, -0.1) is 24.0 Å². The molecule has 2 rings (SSSR count). The zero-order valence-corrected chi connectivity index (χ0v) is 18.3. The molecule has 9 heteroatoms. The van der Waals surface area contributed by atoms with E-state index in [2.05, 4.69) is 34.4 Å².